The standard InChI is InChI=1S/C28H26N6O3/c1-18(2)25(28-31-26(33-37-28)20-13-15-29-16-14-20)30-27(35)23-17-24(19-9-11-22(36-3)12-10-19)34(32-23)21-7-5-4-6-8-21/h4-18,25H,1-3H3,(H,30,35). The van der Waals surface area contributed by atoms with Gasteiger partial charge < -0.3 is 14.6 Å². The van der Waals surface area contributed by atoms with Crippen LogP contribution in [-0.2, 0) is 0 Å². The molecule has 186 valence electrons. The van der Waals surface area contributed by atoms with E-state index in [2.05, 4.69) is 25.5 Å². The van der Waals surface area contributed by atoms with Crippen molar-refractivity contribution in [2.45, 2.75) is 19.9 Å². The highest BCUT2D eigenvalue weighted by molar-refractivity contribution is 5.94. The third-order valence-electron chi connectivity index (χ3n) is 5.93. The maximum absolute atomic E-state index is 13.4. The Morgan fingerprint density at radius 1 is 0.973 bits per heavy atom. The average Bonchev–Trinajstić information content (AvgIpc) is 3.61. The van der Waals surface area contributed by atoms with Gasteiger partial charge in [0.1, 0.15) is 11.8 Å². The number of methoxy groups -OCH3 is 1. The Bertz CT molecular complexity index is 1480. The first-order valence-electron chi connectivity index (χ1n) is 11.9. The smallest absolute Gasteiger partial charge is 0.272 e. The maximum atomic E-state index is 13.4. The van der Waals surface area contributed by atoms with Crippen LogP contribution in [-0.4, -0.2) is 37.9 Å². The van der Waals surface area contributed by atoms with Gasteiger partial charge in [-0.25, -0.2) is 4.68 Å². The van der Waals surface area contributed by atoms with Crippen LogP contribution in [0.25, 0.3) is 28.3 Å². The largest absolute Gasteiger partial charge is 0.497 e. The van der Waals surface area contributed by atoms with Gasteiger partial charge in [-0.05, 0) is 60.5 Å². The van der Waals surface area contributed by atoms with E-state index in [-0.39, 0.29) is 17.5 Å². The minimum atomic E-state index is -0.498. The number of nitrogens with zero attached hydrogens (tertiary/aromatic N) is 5. The molecule has 0 aliphatic heterocycles. The van der Waals surface area contributed by atoms with Gasteiger partial charge >= 0.3 is 0 Å². The van der Waals surface area contributed by atoms with Crippen LogP contribution in [0.4, 0.5) is 0 Å². The number of pyridine rings is 1. The lowest BCUT2D eigenvalue weighted by Crippen LogP contribution is -2.32. The van der Waals surface area contributed by atoms with E-state index in [1.165, 1.54) is 0 Å². The Morgan fingerprint density at radius 2 is 1.70 bits per heavy atom. The lowest BCUT2D eigenvalue weighted by Gasteiger charge is -2.17. The quantitative estimate of drug-likeness (QED) is 0.319. The molecule has 1 atom stereocenters. The van der Waals surface area contributed by atoms with E-state index in [1.807, 2.05) is 68.4 Å². The van der Waals surface area contributed by atoms with Crippen LogP contribution in [0.1, 0.15) is 36.3 Å². The van der Waals surface area contributed by atoms with Gasteiger partial charge in [0.25, 0.3) is 5.91 Å². The Labute approximate surface area is 214 Å². The minimum absolute atomic E-state index is 0.00745. The first kappa shape index (κ1) is 23.9. The second-order valence-corrected chi connectivity index (χ2v) is 8.78. The fourth-order valence-corrected chi connectivity index (χ4v) is 3.93. The molecule has 1 amide bonds. The number of aromatic nitrogens is 5. The number of benzene rings is 2. The molecule has 0 spiro atoms. The number of ether oxygens (including phenoxy) is 1. The number of hydrogen-bond acceptors (Lipinski definition) is 7. The topological polar surface area (TPSA) is 108 Å². The van der Waals surface area contributed by atoms with Gasteiger partial charge in [0.2, 0.25) is 11.7 Å². The Kier molecular flexibility index (Phi) is 6.76. The zero-order valence-corrected chi connectivity index (χ0v) is 20.7. The van der Waals surface area contributed by atoms with Crippen LogP contribution >= 0.6 is 0 Å². The Morgan fingerprint density at radius 3 is 2.38 bits per heavy atom. The number of hydrogen-bond donors (Lipinski definition) is 1. The summed E-state index contributed by atoms with van der Waals surface area (Å²) in [6, 6.07) is 22.2. The van der Waals surface area contributed by atoms with Crippen molar-refractivity contribution in [1.29, 1.82) is 0 Å². The Balaban J connectivity index is 1.46. The molecule has 3 aromatic heterocycles. The summed E-state index contributed by atoms with van der Waals surface area (Å²) >= 11 is 0. The number of carbonyl (C=O) groups excluding carboxylic acids is 1. The molecule has 0 bridgehead atoms. The zero-order chi connectivity index (χ0) is 25.8. The normalized spacial score (nSPS) is 11.9. The van der Waals surface area contributed by atoms with Crippen LogP contribution in [0.5, 0.6) is 5.75 Å². The number of amides is 1. The van der Waals surface area contributed by atoms with Gasteiger partial charge in [-0.1, -0.05) is 37.2 Å². The van der Waals surface area contributed by atoms with Crippen molar-refractivity contribution in [1.82, 2.24) is 30.2 Å². The fourth-order valence-electron chi connectivity index (χ4n) is 3.93. The molecule has 0 saturated carbocycles. The molecule has 0 aliphatic carbocycles. The third kappa shape index (κ3) is 5.11. The summed E-state index contributed by atoms with van der Waals surface area (Å²) in [6.45, 7) is 3.96. The molecule has 0 radical (unpaired) electrons. The molecule has 9 nitrogen and oxygen atoms in total. The van der Waals surface area contributed by atoms with E-state index in [0.717, 1.165) is 28.3 Å². The summed E-state index contributed by atoms with van der Waals surface area (Å²) in [5.74, 6) is 1.16. The van der Waals surface area contributed by atoms with E-state index in [4.69, 9.17) is 9.26 Å². The van der Waals surface area contributed by atoms with Crippen molar-refractivity contribution in [3.05, 3.63) is 96.8 Å². The van der Waals surface area contributed by atoms with Crippen LogP contribution < -0.4 is 10.1 Å². The van der Waals surface area contributed by atoms with E-state index < -0.39 is 6.04 Å². The highest BCUT2D eigenvalue weighted by Crippen LogP contribution is 2.28. The molecular weight excluding hydrogens is 468 g/mol. The molecule has 2 aromatic carbocycles. The van der Waals surface area contributed by atoms with Gasteiger partial charge in [-0.2, -0.15) is 10.1 Å². The van der Waals surface area contributed by atoms with Crippen molar-refractivity contribution in [2.24, 2.45) is 5.92 Å². The van der Waals surface area contributed by atoms with Crippen LogP contribution in [0.2, 0.25) is 0 Å². The highest BCUT2D eigenvalue weighted by Gasteiger charge is 2.27. The van der Waals surface area contributed by atoms with Gasteiger partial charge in [0, 0.05) is 23.5 Å². The van der Waals surface area contributed by atoms with Gasteiger partial charge in [0.15, 0.2) is 5.69 Å². The maximum Gasteiger partial charge on any atom is 0.272 e. The van der Waals surface area contributed by atoms with E-state index >= 15 is 0 Å². The molecule has 1 unspecified atom stereocenters. The average molecular weight is 495 g/mol. The molecule has 0 aliphatic rings. The summed E-state index contributed by atoms with van der Waals surface area (Å²) < 4.78 is 12.6. The van der Waals surface area contributed by atoms with Crippen LogP contribution in [0.15, 0.2) is 89.7 Å². The molecular formula is C28H26N6O3. The molecule has 5 rings (SSSR count). The van der Waals surface area contributed by atoms with Crippen molar-refractivity contribution in [2.75, 3.05) is 7.11 Å². The van der Waals surface area contributed by atoms with E-state index in [9.17, 15) is 4.79 Å². The molecule has 3 heterocycles. The third-order valence-corrected chi connectivity index (χ3v) is 5.93. The van der Waals surface area contributed by atoms with E-state index in [0.29, 0.717) is 11.7 Å². The zero-order valence-electron chi connectivity index (χ0n) is 20.7. The monoisotopic (exact) mass is 494 g/mol. The summed E-state index contributed by atoms with van der Waals surface area (Å²) in [7, 11) is 1.63. The van der Waals surface area contributed by atoms with Gasteiger partial charge in [0.05, 0.1) is 18.5 Å². The molecule has 0 fully saturated rings. The number of para-hydroxylation sites is 1. The Hall–Kier alpha value is -4.79. The van der Waals surface area contributed by atoms with Gasteiger partial charge in [-0.3, -0.25) is 9.78 Å². The molecule has 37 heavy (non-hydrogen) atoms. The fraction of sp³-hybridized carbons (Fsp3) is 0.179. The minimum Gasteiger partial charge on any atom is -0.497 e. The lowest BCUT2D eigenvalue weighted by molar-refractivity contribution is 0.0908. The summed E-state index contributed by atoms with van der Waals surface area (Å²) in [6.07, 6.45) is 3.33. The van der Waals surface area contributed by atoms with Crippen LogP contribution in [0, 0.1) is 5.92 Å². The lowest BCUT2D eigenvalue weighted by atomic mass is 10.0. The number of nitrogens with one attached hydrogen (secondary N) is 1. The first-order valence-corrected chi connectivity index (χ1v) is 11.9. The predicted molar refractivity (Wildman–Crippen MR) is 138 cm³/mol. The van der Waals surface area contributed by atoms with E-state index in [1.54, 1.807) is 42.4 Å². The molecule has 5 aromatic rings. The summed E-state index contributed by atoms with van der Waals surface area (Å²) in [5, 5.41) is 11.8. The highest BCUT2D eigenvalue weighted by atomic mass is 16.5. The van der Waals surface area contributed by atoms with Gasteiger partial charge in [-0.15, -0.1) is 0 Å². The van der Waals surface area contributed by atoms with Crippen molar-refractivity contribution in [3.8, 4) is 34.1 Å². The second-order valence-electron chi connectivity index (χ2n) is 8.78. The van der Waals surface area contributed by atoms with Crippen LogP contribution in [0.3, 0.4) is 0 Å². The summed E-state index contributed by atoms with van der Waals surface area (Å²) in [4.78, 5) is 22.0. The molecule has 0 saturated heterocycles. The summed E-state index contributed by atoms with van der Waals surface area (Å²) in [5.41, 5.74) is 3.57. The number of carbonyl (C=O) groups is 1. The van der Waals surface area contributed by atoms with Crippen molar-refractivity contribution >= 4 is 5.91 Å². The number of rotatable bonds is 8. The van der Waals surface area contributed by atoms with Crippen molar-refractivity contribution < 1.29 is 14.1 Å². The molecule has 1 N–H and O–H groups in total. The predicted octanol–water partition coefficient (Wildman–Crippen LogP) is 5.12. The first-order chi connectivity index (χ1) is 18.0. The SMILES string of the molecule is COc1ccc(-c2cc(C(=O)NC(c3nc(-c4ccncc4)no3)C(C)C)nn2-c2ccccc2)cc1. The second kappa shape index (κ2) is 10.4. The molecule has 9 heteroatoms. The van der Waals surface area contributed by atoms with Crippen molar-refractivity contribution in [3.63, 3.8) is 0 Å².